The minimum atomic E-state index is 0.499. The second-order valence-electron chi connectivity index (χ2n) is 4.81. The van der Waals surface area contributed by atoms with Crippen molar-refractivity contribution in [2.24, 2.45) is 0 Å². The Kier molecular flexibility index (Phi) is 2.78. The van der Waals surface area contributed by atoms with Gasteiger partial charge in [0.05, 0.1) is 5.69 Å². The molecule has 0 atom stereocenters. The molecule has 0 radical (unpaired) electrons. The van der Waals surface area contributed by atoms with E-state index in [0.717, 1.165) is 28.2 Å². The van der Waals surface area contributed by atoms with E-state index in [-0.39, 0.29) is 0 Å². The van der Waals surface area contributed by atoms with Crippen LogP contribution in [-0.4, -0.2) is 15.0 Å². The summed E-state index contributed by atoms with van der Waals surface area (Å²) in [7, 11) is 0. The van der Waals surface area contributed by atoms with Gasteiger partial charge in [0, 0.05) is 29.4 Å². The van der Waals surface area contributed by atoms with Crippen LogP contribution in [0.2, 0.25) is 5.15 Å². The molecule has 1 aliphatic rings. The highest BCUT2D eigenvalue weighted by Gasteiger charge is 2.28. The molecule has 2 aromatic heterocycles. The summed E-state index contributed by atoms with van der Waals surface area (Å²) in [6, 6.07) is 1.99. The topological polar surface area (TPSA) is 38.7 Å². The average molecular weight is 260 g/mol. The number of rotatable bonds is 2. The summed E-state index contributed by atoms with van der Waals surface area (Å²) < 4.78 is 0. The Labute approximate surface area is 111 Å². The maximum atomic E-state index is 6.22. The van der Waals surface area contributed by atoms with Gasteiger partial charge in [-0.25, -0.2) is 9.97 Å². The standard InChI is InChI=1S/C14H14ClN3/c1-8-5-6-16-7-11(8)12-9(2)13(15)18-14(17-12)10-3-4-10/h5-7,10H,3-4H2,1-2H3. The maximum absolute atomic E-state index is 6.22. The smallest absolute Gasteiger partial charge is 0.136 e. The van der Waals surface area contributed by atoms with Crippen molar-refractivity contribution in [1.82, 2.24) is 15.0 Å². The first-order valence-corrected chi connectivity index (χ1v) is 6.49. The molecule has 0 bridgehead atoms. The second-order valence-corrected chi connectivity index (χ2v) is 5.17. The lowest BCUT2D eigenvalue weighted by Gasteiger charge is -2.10. The normalized spacial score (nSPS) is 14.8. The van der Waals surface area contributed by atoms with Crippen molar-refractivity contribution in [1.29, 1.82) is 0 Å². The Morgan fingerprint density at radius 3 is 2.67 bits per heavy atom. The van der Waals surface area contributed by atoms with E-state index in [2.05, 4.69) is 16.9 Å². The summed E-state index contributed by atoms with van der Waals surface area (Å²) in [5.41, 5.74) is 4.05. The Hall–Kier alpha value is -1.48. The van der Waals surface area contributed by atoms with Gasteiger partial charge in [-0.2, -0.15) is 0 Å². The van der Waals surface area contributed by atoms with Gasteiger partial charge in [0.2, 0.25) is 0 Å². The van der Waals surface area contributed by atoms with Crippen LogP contribution >= 0.6 is 11.6 Å². The molecule has 3 nitrogen and oxygen atoms in total. The molecular formula is C14H14ClN3. The fraction of sp³-hybridized carbons (Fsp3) is 0.357. The van der Waals surface area contributed by atoms with Crippen molar-refractivity contribution >= 4 is 11.6 Å². The molecule has 0 unspecified atom stereocenters. The Morgan fingerprint density at radius 1 is 1.22 bits per heavy atom. The van der Waals surface area contributed by atoms with Crippen LogP contribution in [0.5, 0.6) is 0 Å². The van der Waals surface area contributed by atoms with E-state index < -0.39 is 0 Å². The van der Waals surface area contributed by atoms with Crippen LogP contribution < -0.4 is 0 Å². The zero-order chi connectivity index (χ0) is 12.7. The third-order valence-electron chi connectivity index (χ3n) is 3.34. The molecule has 1 aliphatic carbocycles. The Morgan fingerprint density at radius 2 is 2.00 bits per heavy atom. The molecular weight excluding hydrogens is 246 g/mol. The molecule has 0 spiro atoms. The molecule has 18 heavy (non-hydrogen) atoms. The predicted octanol–water partition coefficient (Wildman–Crippen LogP) is 3.69. The maximum Gasteiger partial charge on any atom is 0.136 e. The van der Waals surface area contributed by atoms with Crippen molar-refractivity contribution in [3.05, 3.63) is 40.6 Å². The Bertz CT molecular complexity index is 606. The number of aromatic nitrogens is 3. The second kappa shape index (κ2) is 4.32. The molecule has 0 aliphatic heterocycles. The molecule has 1 saturated carbocycles. The number of hydrogen-bond donors (Lipinski definition) is 0. The Balaban J connectivity index is 2.18. The highest BCUT2D eigenvalue weighted by Crippen LogP contribution is 2.40. The summed E-state index contributed by atoms with van der Waals surface area (Å²) in [4.78, 5) is 13.3. The zero-order valence-corrected chi connectivity index (χ0v) is 11.2. The number of aryl methyl sites for hydroxylation is 1. The van der Waals surface area contributed by atoms with E-state index in [1.807, 2.05) is 19.2 Å². The molecule has 92 valence electrons. The summed E-state index contributed by atoms with van der Waals surface area (Å²) in [5, 5.41) is 0.560. The van der Waals surface area contributed by atoms with Gasteiger partial charge in [-0.05, 0) is 38.3 Å². The third-order valence-corrected chi connectivity index (χ3v) is 3.71. The van der Waals surface area contributed by atoms with Gasteiger partial charge < -0.3 is 0 Å². The van der Waals surface area contributed by atoms with Gasteiger partial charge in [-0.1, -0.05) is 11.6 Å². The monoisotopic (exact) mass is 259 g/mol. The molecule has 0 aromatic carbocycles. The van der Waals surface area contributed by atoms with Gasteiger partial charge in [-0.3, -0.25) is 4.98 Å². The van der Waals surface area contributed by atoms with Crippen LogP contribution in [-0.2, 0) is 0 Å². The van der Waals surface area contributed by atoms with Gasteiger partial charge in [0.15, 0.2) is 0 Å². The lowest BCUT2D eigenvalue weighted by atomic mass is 10.1. The van der Waals surface area contributed by atoms with Crippen LogP contribution in [0.15, 0.2) is 18.5 Å². The van der Waals surface area contributed by atoms with Crippen molar-refractivity contribution in [3.8, 4) is 11.3 Å². The first-order valence-electron chi connectivity index (χ1n) is 6.12. The van der Waals surface area contributed by atoms with Crippen molar-refractivity contribution in [3.63, 3.8) is 0 Å². The molecule has 0 amide bonds. The summed E-state index contributed by atoms with van der Waals surface area (Å²) in [6.45, 7) is 4.02. The zero-order valence-electron chi connectivity index (χ0n) is 10.4. The van der Waals surface area contributed by atoms with Gasteiger partial charge in [-0.15, -0.1) is 0 Å². The first kappa shape index (κ1) is 11.6. The molecule has 2 aromatic rings. The molecule has 2 heterocycles. The quantitative estimate of drug-likeness (QED) is 0.772. The van der Waals surface area contributed by atoms with E-state index in [1.165, 1.54) is 12.8 Å². The first-order chi connectivity index (χ1) is 8.66. The number of nitrogens with zero attached hydrogens (tertiary/aromatic N) is 3. The lowest BCUT2D eigenvalue weighted by molar-refractivity contribution is 0.921. The molecule has 0 saturated heterocycles. The third kappa shape index (κ3) is 1.99. The van der Waals surface area contributed by atoms with Gasteiger partial charge >= 0.3 is 0 Å². The van der Waals surface area contributed by atoms with Crippen LogP contribution in [0, 0.1) is 13.8 Å². The van der Waals surface area contributed by atoms with Crippen molar-refractivity contribution < 1.29 is 0 Å². The number of pyridine rings is 1. The highest BCUT2D eigenvalue weighted by molar-refractivity contribution is 6.30. The van der Waals surface area contributed by atoms with E-state index in [4.69, 9.17) is 16.6 Å². The van der Waals surface area contributed by atoms with Crippen LogP contribution in [0.1, 0.15) is 35.7 Å². The number of hydrogen-bond acceptors (Lipinski definition) is 3. The number of halogens is 1. The lowest BCUT2D eigenvalue weighted by Crippen LogP contribution is -2.00. The SMILES string of the molecule is Cc1ccncc1-c1nc(C2CC2)nc(Cl)c1C. The van der Waals surface area contributed by atoms with Crippen molar-refractivity contribution in [2.75, 3.05) is 0 Å². The average Bonchev–Trinajstić information content (AvgIpc) is 3.18. The highest BCUT2D eigenvalue weighted by atomic mass is 35.5. The summed E-state index contributed by atoms with van der Waals surface area (Å²) >= 11 is 6.22. The molecule has 4 heteroatoms. The minimum Gasteiger partial charge on any atom is -0.264 e. The van der Waals surface area contributed by atoms with E-state index in [1.54, 1.807) is 6.20 Å². The summed E-state index contributed by atoms with van der Waals surface area (Å²) in [5.74, 6) is 1.38. The van der Waals surface area contributed by atoms with E-state index in [0.29, 0.717) is 11.1 Å². The van der Waals surface area contributed by atoms with Gasteiger partial charge in [0.1, 0.15) is 11.0 Å². The fourth-order valence-electron chi connectivity index (χ4n) is 2.00. The van der Waals surface area contributed by atoms with E-state index >= 15 is 0 Å². The fourth-order valence-corrected chi connectivity index (χ4v) is 2.18. The predicted molar refractivity (Wildman–Crippen MR) is 71.7 cm³/mol. The largest absolute Gasteiger partial charge is 0.264 e. The van der Waals surface area contributed by atoms with E-state index in [9.17, 15) is 0 Å². The van der Waals surface area contributed by atoms with Crippen LogP contribution in [0.3, 0.4) is 0 Å². The minimum absolute atomic E-state index is 0.499. The molecule has 0 N–H and O–H groups in total. The van der Waals surface area contributed by atoms with Crippen LogP contribution in [0.4, 0.5) is 0 Å². The molecule has 1 fully saturated rings. The van der Waals surface area contributed by atoms with Gasteiger partial charge in [0.25, 0.3) is 0 Å². The van der Waals surface area contributed by atoms with Crippen molar-refractivity contribution in [2.45, 2.75) is 32.6 Å². The molecule has 3 rings (SSSR count). The van der Waals surface area contributed by atoms with Crippen LogP contribution in [0.25, 0.3) is 11.3 Å². The summed E-state index contributed by atoms with van der Waals surface area (Å²) in [6.07, 6.45) is 5.98.